The quantitative estimate of drug-likeness (QED) is 0.848. The monoisotopic (exact) mass is 315 g/mol. The molecule has 2 atom stereocenters. The molecule has 0 radical (unpaired) electrons. The van der Waals surface area contributed by atoms with E-state index in [-0.39, 0.29) is 5.41 Å². The van der Waals surface area contributed by atoms with Gasteiger partial charge in [0, 0.05) is 6.54 Å². The number of nitrogens with zero attached hydrogens (tertiary/aromatic N) is 1. The molecule has 1 saturated carbocycles. The second-order valence-electron chi connectivity index (χ2n) is 8.21. The van der Waals surface area contributed by atoms with Gasteiger partial charge in [-0.1, -0.05) is 58.1 Å². The molecule has 23 heavy (non-hydrogen) atoms. The molecule has 1 heterocycles. The number of piperidine rings is 1. The lowest BCUT2D eigenvalue weighted by Crippen LogP contribution is -2.47. The van der Waals surface area contributed by atoms with Gasteiger partial charge in [-0.2, -0.15) is 0 Å². The maximum atomic E-state index is 9.81. The van der Waals surface area contributed by atoms with Crippen molar-refractivity contribution in [2.45, 2.75) is 64.2 Å². The van der Waals surface area contributed by atoms with Gasteiger partial charge >= 0.3 is 0 Å². The zero-order valence-electron chi connectivity index (χ0n) is 14.9. The maximum absolute atomic E-state index is 9.81. The fourth-order valence-electron chi connectivity index (χ4n) is 4.65. The van der Waals surface area contributed by atoms with Gasteiger partial charge in [0.2, 0.25) is 0 Å². The molecule has 2 aliphatic rings. The van der Waals surface area contributed by atoms with Crippen LogP contribution in [0.3, 0.4) is 0 Å². The van der Waals surface area contributed by atoms with Crippen LogP contribution in [0.25, 0.3) is 0 Å². The second-order valence-corrected chi connectivity index (χ2v) is 8.21. The summed E-state index contributed by atoms with van der Waals surface area (Å²) in [5.74, 6) is 2.01. The summed E-state index contributed by atoms with van der Waals surface area (Å²) in [4.78, 5) is 2.68. The Balaban J connectivity index is 1.56. The highest BCUT2D eigenvalue weighted by Crippen LogP contribution is 2.40. The molecule has 128 valence electrons. The van der Waals surface area contributed by atoms with Crippen LogP contribution in [-0.2, 0) is 5.41 Å². The SMILES string of the molecule is C[C@@H]1CN(CCC2CCCCC2)CC[C@]1(C)c1cccc(O)c1. The highest BCUT2D eigenvalue weighted by atomic mass is 16.3. The fourth-order valence-corrected chi connectivity index (χ4v) is 4.65. The summed E-state index contributed by atoms with van der Waals surface area (Å²) in [6, 6.07) is 7.91. The van der Waals surface area contributed by atoms with Crippen LogP contribution in [0, 0.1) is 11.8 Å². The Morgan fingerprint density at radius 3 is 2.70 bits per heavy atom. The van der Waals surface area contributed by atoms with Crippen LogP contribution in [0.4, 0.5) is 0 Å². The lowest BCUT2D eigenvalue weighted by Gasteiger charge is -2.45. The third kappa shape index (κ3) is 3.91. The number of hydrogen-bond donors (Lipinski definition) is 1. The minimum atomic E-state index is 0.195. The number of hydrogen-bond acceptors (Lipinski definition) is 2. The largest absolute Gasteiger partial charge is 0.508 e. The molecule has 0 unspecified atom stereocenters. The van der Waals surface area contributed by atoms with Crippen LogP contribution >= 0.6 is 0 Å². The number of phenols is 1. The first-order valence-electron chi connectivity index (χ1n) is 9.60. The van der Waals surface area contributed by atoms with Crippen molar-refractivity contribution >= 4 is 0 Å². The summed E-state index contributed by atoms with van der Waals surface area (Å²) < 4.78 is 0. The van der Waals surface area contributed by atoms with Crippen molar-refractivity contribution < 1.29 is 5.11 Å². The number of likely N-dealkylation sites (tertiary alicyclic amines) is 1. The molecule has 1 aromatic rings. The topological polar surface area (TPSA) is 23.5 Å². The molecule has 0 bridgehead atoms. The first-order valence-corrected chi connectivity index (χ1v) is 9.60. The van der Waals surface area contributed by atoms with Crippen LogP contribution in [0.2, 0.25) is 0 Å². The van der Waals surface area contributed by atoms with Crippen LogP contribution in [0.5, 0.6) is 5.75 Å². The van der Waals surface area contributed by atoms with E-state index in [1.54, 1.807) is 6.07 Å². The van der Waals surface area contributed by atoms with Gasteiger partial charge in [0.05, 0.1) is 0 Å². The van der Waals surface area contributed by atoms with Gasteiger partial charge in [-0.3, -0.25) is 0 Å². The van der Waals surface area contributed by atoms with E-state index >= 15 is 0 Å². The Labute approximate surface area is 141 Å². The van der Waals surface area contributed by atoms with Gasteiger partial charge in [0.25, 0.3) is 0 Å². The van der Waals surface area contributed by atoms with Crippen LogP contribution in [0.15, 0.2) is 24.3 Å². The van der Waals surface area contributed by atoms with E-state index in [1.807, 2.05) is 12.1 Å². The second kappa shape index (κ2) is 7.25. The molecular formula is C21H33NO. The molecule has 1 saturated heterocycles. The fraction of sp³-hybridized carbons (Fsp3) is 0.714. The maximum Gasteiger partial charge on any atom is 0.115 e. The number of aromatic hydroxyl groups is 1. The Morgan fingerprint density at radius 1 is 1.22 bits per heavy atom. The van der Waals surface area contributed by atoms with Crippen molar-refractivity contribution in [3.63, 3.8) is 0 Å². The van der Waals surface area contributed by atoms with Crippen LogP contribution in [-0.4, -0.2) is 29.6 Å². The number of phenolic OH excluding ortho intramolecular Hbond substituents is 1. The van der Waals surface area contributed by atoms with E-state index in [0.717, 1.165) is 5.92 Å². The summed E-state index contributed by atoms with van der Waals surface area (Å²) in [6.45, 7) is 8.44. The summed E-state index contributed by atoms with van der Waals surface area (Å²) in [6.07, 6.45) is 9.89. The van der Waals surface area contributed by atoms with Crippen molar-refractivity contribution in [2.75, 3.05) is 19.6 Å². The van der Waals surface area contributed by atoms with Crippen LogP contribution in [0.1, 0.15) is 64.4 Å². The van der Waals surface area contributed by atoms with Crippen molar-refractivity contribution in [1.29, 1.82) is 0 Å². The molecule has 3 rings (SSSR count). The van der Waals surface area contributed by atoms with E-state index in [2.05, 4.69) is 24.8 Å². The first-order chi connectivity index (χ1) is 11.1. The van der Waals surface area contributed by atoms with Crippen molar-refractivity contribution in [3.8, 4) is 5.75 Å². The Morgan fingerprint density at radius 2 is 2.00 bits per heavy atom. The highest BCUT2D eigenvalue weighted by Gasteiger charge is 2.38. The van der Waals surface area contributed by atoms with Gasteiger partial charge in [0.1, 0.15) is 5.75 Å². The number of rotatable bonds is 4. The molecule has 1 aromatic carbocycles. The molecule has 1 aliphatic carbocycles. The smallest absolute Gasteiger partial charge is 0.115 e. The van der Waals surface area contributed by atoms with E-state index in [4.69, 9.17) is 0 Å². The highest BCUT2D eigenvalue weighted by molar-refractivity contribution is 5.33. The van der Waals surface area contributed by atoms with E-state index in [1.165, 1.54) is 70.1 Å². The standard InChI is InChI=1S/C21H33NO/c1-17-16-22(13-11-18-7-4-3-5-8-18)14-12-21(17,2)19-9-6-10-20(23)15-19/h6,9-10,15,17-18,23H,3-5,7-8,11-14,16H2,1-2H3/t17-,21+/m1/s1. The molecule has 2 nitrogen and oxygen atoms in total. The third-order valence-electron chi connectivity index (χ3n) is 6.65. The zero-order valence-corrected chi connectivity index (χ0v) is 14.9. The van der Waals surface area contributed by atoms with Gasteiger partial charge in [0.15, 0.2) is 0 Å². The average Bonchev–Trinajstić information content (AvgIpc) is 2.57. The van der Waals surface area contributed by atoms with Crippen LogP contribution < -0.4 is 0 Å². The van der Waals surface area contributed by atoms with Gasteiger partial charge in [-0.25, -0.2) is 0 Å². The van der Waals surface area contributed by atoms with E-state index in [9.17, 15) is 5.11 Å². The normalized spacial score (nSPS) is 30.4. The van der Waals surface area contributed by atoms with E-state index < -0.39 is 0 Å². The molecule has 1 N–H and O–H groups in total. The Bertz CT molecular complexity index is 508. The Hall–Kier alpha value is -1.02. The number of benzene rings is 1. The minimum absolute atomic E-state index is 0.195. The average molecular weight is 316 g/mol. The zero-order chi connectivity index (χ0) is 16.3. The molecule has 0 aromatic heterocycles. The first kappa shape index (κ1) is 16.8. The molecule has 0 amide bonds. The summed E-state index contributed by atoms with van der Waals surface area (Å²) >= 11 is 0. The summed E-state index contributed by atoms with van der Waals surface area (Å²) in [5.41, 5.74) is 1.50. The third-order valence-corrected chi connectivity index (χ3v) is 6.65. The molecule has 1 aliphatic heterocycles. The van der Waals surface area contributed by atoms with Crippen molar-refractivity contribution in [3.05, 3.63) is 29.8 Å². The van der Waals surface area contributed by atoms with E-state index in [0.29, 0.717) is 11.7 Å². The molecular weight excluding hydrogens is 282 g/mol. The Kier molecular flexibility index (Phi) is 5.31. The molecule has 2 heteroatoms. The van der Waals surface area contributed by atoms with Gasteiger partial charge < -0.3 is 10.0 Å². The minimum Gasteiger partial charge on any atom is -0.508 e. The molecule has 2 fully saturated rings. The summed E-state index contributed by atoms with van der Waals surface area (Å²) in [7, 11) is 0. The van der Waals surface area contributed by atoms with Crippen molar-refractivity contribution in [2.24, 2.45) is 11.8 Å². The van der Waals surface area contributed by atoms with Gasteiger partial charge in [-0.05, 0) is 60.9 Å². The van der Waals surface area contributed by atoms with Gasteiger partial charge in [-0.15, -0.1) is 0 Å². The predicted molar refractivity (Wildman–Crippen MR) is 96.9 cm³/mol. The molecule has 0 spiro atoms. The summed E-state index contributed by atoms with van der Waals surface area (Å²) in [5, 5.41) is 9.81. The lowest BCUT2D eigenvalue weighted by molar-refractivity contribution is 0.103. The lowest BCUT2D eigenvalue weighted by atomic mass is 9.68. The predicted octanol–water partition coefficient (Wildman–Crippen LogP) is 4.96. The van der Waals surface area contributed by atoms with Crippen molar-refractivity contribution in [1.82, 2.24) is 4.90 Å².